The van der Waals surface area contributed by atoms with Gasteiger partial charge in [-0.2, -0.15) is 8.78 Å². The van der Waals surface area contributed by atoms with Gasteiger partial charge in [-0.15, -0.1) is 0 Å². The Labute approximate surface area is 260 Å². The number of likely N-dealkylation sites (tertiary alicyclic amines) is 1. The van der Waals surface area contributed by atoms with Gasteiger partial charge in [0.25, 0.3) is 11.6 Å². The first-order valence-electron chi connectivity index (χ1n) is 15.1. The van der Waals surface area contributed by atoms with Gasteiger partial charge in [-0.3, -0.25) is 14.5 Å². The number of alkyl halides is 2. The van der Waals surface area contributed by atoms with Crippen molar-refractivity contribution in [2.75, 3.05) is 25.0 Å². The Bertz CT molecular complexity index is 1550. The fourth-order valence-corrected chi connectivity index (χ4v) is 6.03. The highest BCUT2D eigenvalue weighted by atomic mass is 31.0. The molecule has 0 bridgehead atoms. The maximum absolute atomic E-state index is 13.6. The van der Waals surface area contributed by atoms with Gasteiger partial charge in [0, 0.05) is 23.4 Å². The van der Waals surface area contributed by atoms with Gasteiger partial charge in [0.2, 0.25) is 5.91 Å². The summed E-state index contributed by atoms with van der Waals surface area (Å²) in [5.41, 5.74) is 1.62. The number of piperidine rings is 1. The Morgan fingerprint density at radius 1 is 0.886 bits per heavy atom. The smallest absolute Gasteiger partial charge is 0.283 e. The molecule has 1 aliphatic heterocycles. The second kappa shape index (κ2) is 14.2. The van der Waals surface area contributed by atoms with Crippen LogP contribution in [0, 0.1) is 0 Å². The summed E-state index contributed by atoms with van der Waals surface area (Å²) in [4.78, 5) is 28.7. The predicted molar refractivity (Wildman–Crippen MR) is 176 cm³/mol. The van der Waals surface area contributed by atoms with Crippen LogP contribution in [-0.4, -0.2) is 36.3 Å². The van der Waals surface area contributed by atoms with E-state index in [9.17, 15) is 18.4 Å². The third-order valence-electron chi connectivity index (χ3n) is 8.20. The number of anilines is 1. The molecule has 0 aromatic heterocycles. The highest BCUT2D eigenvalue weighted by molar-refractivity contribution is 7.17. The predicted octanol–water partition coefficient (Wildman–Crippen LogP) is 7.98. The monoisotopic (exact) mass is 613 g/mol. The molecule has 2 amide bonds. The molecule has 1 fully saturated rings. The standard InChI is InChI=1S/C36H38F2N3O2P/c1-2-22-39-35(43)33(28-8-4-3-5-9-28)41-23-20-26(21-24-41)25-14-18-30(19-15-25)40-34(42)32-11-7-6-10-31(32)27-12-16-29(17-13-27)36(37,38)44/h3-19,26,33H,2,20-24,44H2,1H3,(H,39,43)(H,40,42). The third kappa shape index (κ3) is 7.58. The molecule has 5 rings (SSSR count). The number of nitrogens with zero attached hydrogens (tertiary/aromatic N) is 1. The largest absolute Gasteiger partial charge is 0.354 e. The van der Waals surface area contributed by atoms with E-state index in [1.54, 1.807) is 33.5 Å². The summed E-state index contributed by atoms with van der Waals surface area (Å²) < 4.78 is 27.3. The Morgan fingerprint density at radius 2 is 1.52 bits per heavy atom. The van der Waals surface area contributed by atoms with Crippen molar-refractivity contribution in [3.63, 3.8) is 0 Å². The van der Waals surface area contributed by atoms with Gasteiger partial charge in [0.05, 0.1) is 0 Å². The summed E-state index contributed by atoms with van der Waals surface area (Å²) in [7, 11) is 1.54. The highest BCUT2D eigenvalue weighted by Crippen LogP contribution is 2.36. The van der Waals surface area contributed by atoms with Crippen molar-refractivity contribution in [3.05, 3.63) is 125 Å². The summed E-state index contributed by atoms with van der Waals surface area (Å²) in [6, 6.07) is 30.8. The molecule has 1 aliphatic rings. The van der Waals surface area contributed by atoms with Crippen molar-refractivity contribution >= 4 is 26.7 Å². The molecular formula is C36H38F2N3O2P. The van der Waals surface area contributed by atoms with Crippen LogP contribution in [0.4, 0.5) is 14.5 Å². The van der Waals surface area contributed by atoms with Gasteiger partial charge in [0.1, 0.15) is 6.04 Å². The molecule has 228 valence electrons. The summed E-state index contributed by atoms with van der Waals surface area (Å²) in [6.07, 6.45) is 2.77. The number of hydrogen-bond donors (Lipinski definition) is 2. The Balaban J connectivity index is 1.23. The first kappa shape index (κ1) is 31.5. The minimum absolute atomic E-state index is 0.0526. The first-order chi connectivity index (χ1) is 21.2. The first-order valence-corrected chi connectivity index (χ1v) is 15.7. The van der Waals surface area contributed by atoms with Crippen LogP contribution in [0.15, 0.2) is 103 Å². The quantitative estimate of drug-likeness (QED) is 0.178. The molecule has 44 heavy (non-hydrogen) atoms. The van der Waals surface area contributed by atoms with Gasteiger partial charge in [-0.1, -0.05) is 101 Å². The van der Waals surface area contributed by atoms with Crippen molar-refractivity contribution in [2.45, 2.75) is 43.8 Å². The zero-order valence-corrected chi connectivity index (χ0v) is 26.0. The number of rotatable bonds is 10. The van der Waals surface area contributed by atoms with Crippen LogP contribution in [0.3, 0.4) is 0 Å². The number of nitrogens with one attached hydrogen (secondary N) is 2. The van der Waals surface area contributed by atoms with E-state index in [1.807, 2.05) is 54.6 Å². The molecule has 0 spiro atoms. The van der Waals surface area contributed by atoms with E-state index in [4.69, 9.17) is 0 Å². The number of carbonyl (C=O) groups is 2. The average molecular weight is 614 g/mol. The van der Waals surface area contributed by atoms with Gasteiger partial charge in [-0.25, -0.2) is 0 Å². The van der Waals surface area contributed by atoms with Crippen LogP contribution in [0.1, 0.15) is 65.2 Å². The molecule has 2 N–H and O–H groups in total. The maximum Gasteiger partial charge on any atom is 0.283 e. The maximum atomic E-state index is 13.6. The molecule has 4 aromatic carbocycles. The van der Waals surface area contributed by atoms with Gasteiger partial charge in [0.15, 0.2) is 0 Å². The fraction of sp³-hybridized carbons (Fsp3) is 0.278. The van der Waals surface area contributed by atoms with Crippen molar-refractivity contribution in [2.24, 2.45) is 0 Å². The number of carbonyl (C=O) groups excluding carboxylic acids is 2. The summed E-state index contributed by atoms with van der Waals surface area (Å²) in [6.45, 7) is 4.35. The van der Waals surface area contributed by atoms with Crippen LogP contribution in [0.2, 0.25) is 0 Å². The fourth-order valence-electron chi connectivity index (χ4n) is 5.84. The second-order valence-electron chi connectivity index (χ2n) is 11.2. The van der Waals surface area contributed by atoms with E-state index in [2.05, 4.69) is 34.6 Å². The van der Waals surface area contributed by atoms with E-state index in [0.29, 0.717) is 34.8 Å². The molecule has 0 radical (unpaired) electrons. The minimum Gasteiger partial charge on any atom is -0.354 e. The van der Waals surface area contributed by atoms with Crippen molar-refractivity contribution < 1.29 is 18.4 Å². The molecule has 2 unspecified atom stereocenters. The number of halogens is 2. The lowest BCUT2D eigenvalue weighted by Crippen LogP contribution is -2.44. The van der Waals surface area contributed by atoms with Crippen LogP contribution in [0.25, 0.3) is 11.1 Å². The second-order valence-corrected chi connectivity index (χ2v) is 12.0. The van der Waals surface area contributed by atoms with Gasteiger partial charge in [-0.05, 0) is 78.7 Å². The van der Waals surface area contributed by atoms with Crippen molar-refractivity contribution in [3.8, 4) is 11.1 Å². The summed E-state index contributed by atoms with van der Waals surface area (Å²) >= 11 is 0. The topological polar surface area (TPSA) is 61.4 Å². The van der Waals surface area contributed by atoms with Crippen LogP contribution in [0.5, 0.6) is 0 Å². The number of hydrogen-bond acceptors (Lipinski definition) is 3. The minimum atomic E-state index is -3.01. The van der Waals surface area contributed by atoms with Crippen molar-refractivity contribution in [1.82, 2.24) is 10.2 Å². The SMILES string of the molecule is CCCNC(=O)C(c1ccccc1)N1CCC(c2ccc(NC(=O)c3ccccc3-c3ccc(C(F)(F)P)cc3)cc2)CC1. The molecule has 5 nitrogen and oxygen atoms in total. The van der Waals surface area contributed by atoms with Crippen LogP contribution < -0.4 is 10.6 Å². The van der Waals surface area contributed by atoms with E-state index >= 15 is 0 Å². The third-order valence-corrected chi connectivity index (χ3v) is 8.53. The molecule has 8 heteroatoms. The molecule has 2 atom stereocenters. The normalized spacial score (nSPS) is 15.0. The lowest BCUT2D eigenvalue weighted by molar-refractivity contribution is -0.127. The van der Waals surface area contributed by atoms with Crippen molar-refractivity contribution in [1.29, 1.82) is 0 Å². The lowest BCUT2D eigenvalue weighted by atomic mass is 9.88. The van der Waals surface area contributed by atoms with Crippen LogP contribution in [-0.2, 0) is 10.5 Å². The average Bonchev–Trinajstić information content (AvgIpc) is 3.05. The lowest BCUT2D eigenvalue weighted by Gasteiger charge is -2.37. The van der Waals surface area contributed by atoms with E-state index < -0.39 is 5.66 Å². The molecule has 0 aliphatic carbocycles. The molecule has 0 saturated carbocycles. The number of amides is 2. The van der Waals surface area contributed by atoms with Crippen LogP contribution >= 0.6 is 9.24 Å². The van der Waals surface area contributed by atoms with E-state index in [0.717, 1.165) is 37.9 Å². The van der Waals surface area contributed by atoms with Gasteiger partial charge >= 0.3 is 0 Å². The molecule has 4 aromatic rings. The van der Waals surface area contributed by atoms with E-state index in [-0.39, 0.29) is 23.4 Å². The van der Waals surface area contributed by atoms with Gasteiger partial charge < -0.3 is 10.6 Å². The van der Waals surface area contributed by atoms with E-state index in [1.165, 1.54) is 17.7 Å². The molecule has 1 heterocycles. The zero-order valence-electron chi connectivity index (χ0n) is 24.8. The summed E-state index contributed by atoms with van der Waals surface area (Å²) in [5, 5.41) is 6.07. The Kier molecular flexibility index (Phi) is 10.2. The highest BCUT2D eigenvalue weighted by Gasteiger charge is 2.31. The zero-order chi connectivity index (χ0) is 31.1. The molecule has 1 saturated heterocycles. The Hall–Kier alpha value is -3.93. The Morgan fingerprint density at radius 3 is 2.16 bits per heavy atom. The summed E-state index contributed by atoms with van der Waals surface area (Å²) in [5.74, 6) is 0.149. The number of benzene rings is 4. The molecular weight excluding hydrogens is 575 g/mol.